The van der Waals surface area contributed by atoms with Crippen LogP contribution in [0.2, 0.25) is 0 Å². The SMILES string of the molecule is O=C(Nc1ccc(O)c(C(=O)Nc2cc(C(F)(F)F)cc(C(F)(F)F)c2)c1)c1ccccc1. The van der Waals surface area contributed by atoms with Crippen LogP contribution < -0.4 is 10.6 Å². The van der Waals surface area contributed by atoms with Crippen molar-refractivity contribution in [3.05, 3.63) is 89.0 Å². The van der Waals surface area contributed by atoms with Gasteiger partial charge in [-0.25, -0.2) is 0 Å². The fraction of sp³-hybridized carbons (Fsp3) is 0.0909. The average Bonchev–Trinajstić information content (AvgIpc) is 2.74. The van der Waals surface area contributed by atoms with Crippen LogP contribution in [-0.2, 0) is 12.4 Å². The van der Waals surface area contributed by atoms with Gasteiger partial charge >= 0.3 is 12.4 Å². The first-order valence-corrected chi connectivity index (χ1v) is 9.15. The van der Waals surface area contributed by atoms with Crippen molar-refractivity contribution in [3.63, 3.8) is 0 Å². The molecule has 0 aliphatic rings. The number of phenolic OH excluding ortho intramolecular Hbond substituents is 1. The van der Waals surface area contributed by atoms with Crippen molar-refractivity contribution in [1.29, 1.82) is 0 Å². The van der Waals surface area contributed by atoms with Crippen molar-refractivity contribution < 1.29 is 41.0 Å². The molecule has 3 aromatic rings. The van der Waals surface area contributed by atoms with Crippen LogP contribution in [0, 0.1) is 0 Å². The summed E-state index contributed by atoms with van der Waals surface area (Å²) in [6, 6.07) is 11.9. The largest absolute Gasteiger partial charge is 0.507 e. The molecule has 0 heterocycles. The van der Waals surface area contributed by atoms with Crippen molar-refractivity contribution >= 4 is 23.2 Å². The topological polar surface area (TPSA) is 78.4 Å². The minimum Gasteiger partial charge on any atom is -0.507 e. The fourth-order valence-electron chi connectivity index (χ4n) is 2.81. The zero-order valence-corrected chi connectivity index (χ0v) is 16.4. The zero-order chi connectivity index (χ0) is 24.4. The number of benzene rings is 3. The van der Waals surface area contributed by atoms with E-state index in [1.54, 1.807) is 18.2 Å². The van der Waals surface area contributed by atoms with Gasteiger partial charge in [-0.2, -0.15) is 26.3 Å². The monoisotopic (exact) mass is 468 g/mol. The predicted molar refractivity (Wildman–Crippen MR) is 107 cm³/mol. The van der Waals surface area contributed by atoms with Crippen LogP contribution in [0.3, 0.4) is 0 Å². The number of alkyl halides is 6. The van der Waals surface area contributed by atoms with Gasteiger partial charge in [0, 0.05) is 16.9 Å². The molecule has 3 rings (SSSR count). The molecule has 5 nitrogen and oxygen atoms in total. The Morgan fingerprint density at radius 3 is 1.76 bits per heavy atom. The molecule has 0 aromatic heterocycles. The van der Waals surface area contributed by atoms with E-state index in [9.17, 15) is 41.0 Å². The third-order valence-corrected chi connectivity index (χ3v) is 4.38. The number of hydrogen-bond donors (Lipinski definition) is 3. The second-order valence-electron chi connectivity index (χ2n) is 6.80. The summed E-state index contributed by atoms with van der Waals surface area (Å²) in [7, 11) is 0. The molecule has 0 radical (unpaired) electrons. The fourth-order valence-corrected chi connectivity index (χ4v) is 2.81. The average molecular weight is 468 g/mol. The van der Waals surface area contributed by atoms with Crippen molar-refractivity contribution in [1.82, 2.24) is 0 Å². The van der Waals surface area contributed by atoms with E-state index in [1.165, 1.54) is 18.2 Å². The van der Waals surface area contributed by atoms with Crippen molar-refractivity contribution in [2.45, 2.75) is 12.4 Å². The maximum Gasteiger partial charge on any atom is 0.416 e. The number of anilines is 2. The number of phenols is 1. The van der Waals surface area contributed by atoms with Gasteiger partial charge in [0.15, 0.2) is 0 Å². The first-order chi connectivity index (χ1) is 15.3. The first-order valence-electron chi connectivity index (χ1n) is 9.15. The Balaban J connectivity index is 1.88. The minimum atomic E-state index is -5.09. The van der Waals surface area contributed by atoms with E-state index < -0.39 is 52.3 Å². The molecule has 0 unspecified atom stereocenters. The van der Waals surface area contributed by atoms with Crippen LogP contribution in [0.25, 0.3) is 0 Å². The highest BCUT2D eigenvalue weighted by atomic mass is 19.4. The Labute approximate surface area is 182 Å². The molecule has 0 saturated carbocycles. The van der Waals surface area contributed by atoms with E-state index in [-0.39, 0.29) is 11.8 Å². The molecule has 11 heteroatoms. The van der Waals surface area contributed by atoms with Crippen molar-refractivity contribution in [2.24, 2.45) is 0 Å². The van der Waals surface area contributed by atoms with E-state index in [1.807, 2.05) is 5.32 Å². The molecule has 0 aliphatic carbocycles. The number of carbonyl (C=O) groups excluding carboxylic acids is 2. The summed E-state index contributed by atoms with van der Waals surface area (Å²) >= 11 is 0. The number of nitrogens with one attached hydrogen (secondary N) is 2. The summed E-state index contributed by atoms with van der Waals surface area (Å²) < 4.78 is 78.1. The molecular weight excluding hydrogens is 454 g/mol. The van der Waals surface area contributed by atoms with E-state index >= 15 is 0 Å². The molecular formula is C22H14F6N2O3. The highest BCUT2D eigenvalue weighted by Crippen LogP contribution is 2.37. The number of rotatable bonds is 4. The number of aromatic hydroxyl groups is 1. The molecule has 0 fully saturated rings. The Bertz CT molecular complexity index is 1160. The summed E-state index contributed by atoms with van der Waals surface area (Å²) in [4.78, 5) is 24.8. The van der Waals surface area contributed by atoms with Gasteiger partial charge in [-0.3, -0.25) is 9.59 Å². The van der Waals surface area contributed by atoms with Gasteiger partial charge in [0.2, 0.25) is 0 Å². The van der Waals surface area contributed by atoms with E-state index in [0.717, 1.165) is 12.1 Å². The molecule has 33 heavy (non-hydrogen) atoms. The third-order valence-electron chi connectivity index (χ3n) is 4.38. The highest BCUT2D eigenvalue weighted by molar-refractivity contribution is 6.08. The Kier molecular flexibility index (Phi) is 6.34. The normalized spacial score (nSPS) is 11.7. The maximum atomic E-state index is 13.0. The lowest BCUT2D eigenvalue weighted by Crippen LogP contribution is -2.17. The van der Waals surface area contributed by atoms with Gasteiger partial charge < -0.3 is 15.7 Å². The quantitative estimate of drug-likeness (QED) is 0.328. The van der Waals surface area contributed by atoms with Crippen LogP contribution in [0.15, 0.2) is 66.7 Å². The molecule has 0 spiro atoms. The molecule has 0 atom stereocenters. The molecule has 0 saturated heterocycles. The lowest BCUT2D eigenvalue weighted by Gasteiger charge is -2.15. The number of halogens is 6. The Morgan fingerprint density at radius 2 is 1.21 bits per heavy atom. The standard InChI is InChI=1S/C22H14F6N2O3/c23-21(24,25)13-8-14(22(26,27)28)10-16(9-13)30-20(33)17-11-15(6-7-18(17)31)29-19(32)12-4-2-1-3-5-12/h1-11,31H,(H,29,32)(H,30,33). The van der Waals surface area contributed by atoms with Crippen LogP contribution in [-0.4, -0.2) is 16.9 Å². The predicted octanol–water partition coefficient (Wildman–Crippen LogP) is 5.93. The Hall–Kier alpha value is -4.02. The molecule has 0 bridgehead atoms. The zero-order valence-electron chi connectivity index (χ0n) is 16.4. The van der Waals surface area contributed by atoms with Gasteiger partial charge in [0.1, 0.15) is 5.75 Å². The smallest absolute Gasteiger partial charge is 0.416 e. The lowest BCUT2D eigenvalue weighted by molar-refractivity contribution is -0.143. The molecule has 172 valence electrons. The van der Waals surface area contributed by atoms with Crippen molar-refractivity contribution in [2.75, 3.05) is 10.6 Å². The van der Waals surface area contributed by atoms with Crippen LogP contribution in [0.1, 0.15) is 31.8 Å². The van der Waals surface area contributed by atoms with Gasteiger partial charge in [0.25, 0.3) is 11.8 Å². The molecule has 0 aliphatic heterocycles. The second-order valence-corrected chi connectivity index (χ2v) is 6.80. The van der Waals surface area contributed by atoms with Gasteiger partial charge in [-0.05, 0) is 48.5 Å². The van der Waals surface area contributed by atoms with Crippen molar-refractivity contribution in [3.8, 4) is 5.75 Å². The van der Waals surface area contributed by atoms with Gasteiger partial charge in [0.05, 0.1) is 16.7 Å². The van der Waals surface area contributed by atoms with E-state index in [2.05, 4.69) is 5.32 Å². The minimum absolute atomic E-state index is 0.0619. The maximum absolute atomic E-state index is 13.0. The van der Waals surface area contributed by atoms with Crippen LogP contribution in [0.5, 0.6) is 5.75 Å². The van der Waals surface area contributed by atoms with Crippen LogP contribution in [0.4, 0.5) is 37.7 Å². The summed E-state index contributed by atoms with van der Waals surface area (Å²) in [5.74, 6) is -2.33. The van der Waals surface area contributed by atoms with Gasteiger partial charge in [-0.15, -0.1) is 0 Å². The number of amides is 2. The van der Waals surface area contributed by atoms with Crippen LogP contribution >= 0.6 is 0 Å². The molecule has 3 N–H and O–H groups in total. The Morgan fingerprint density at radius 1 is 0.667 bits per heavy atom. The first kappa shape index (κ1) is 23.6. The summed E-state index contributed by atoms with van der Waals surface area (Å²) in [5, 5.41) is 14.4. The summed E-state index contributed by atoms with van der Waals surface area (Å²) in [6.45, 7) is 0. The van der Waals surface area contributed by atoms with E-state index in [4.69, 9.17) is 0 Å². The second kappa shape index (κ2) is 8.85. The highest BCUT2D eigenvalue weighted by Gasteiger charge is 2.37. The van der Waals surface area contributed by atoms with E-state index in [0.29, 0.717) is 17.7 Å². The number of carbonyl (C=O) groups is 2. The molecule has 3 aromatic carbocycles. The lowest BCUT2D eigenvalue weighted by atomic mass is 10.1. The van der Waals surface area contributed by atoms with Gasteiger partial charge in [-0.1, -0.05) is 18.2 Å². The number of hydrogen-bond acceptors (Lipinski definition) is 3. The molecule has 2 amide bonds. The third kappa shape index (κ3) is 5.82. The summed E-state index contributed by atoms with van der Waals surface area (Å²) in [5.41, 5.74) is -4.12. The summed E-state index contributed by atoms with van der Waals surface area (Å²) in [6.07, 6.45) is -10.2.